The van der Waals surface area contributed by atoms with Crippen LogP contribution in [-0.4, -0.2) is 23.8 Å². The summed E-state index contributed by atoms with van der Waals surface area (Å²) in [5, 5.41) is 13.4. The summed E-state index contributed by atoms with van der Waals surface area (Å²) in [5.74, 6) is 2.53. The highest BCUT2D eigenvalue weighted by atomic mass is 16.3. The zero-order valence-corrected chi connectivity index (χ0v) is 8.78. The van der Waals surface area contributed by atoms with Crippen LogP contribution in [0, 0.1) is 17.8 Å². The predicted octanol–water partition coefficient (Wildman–Crippen LogP) is 1.54. The van der Waals surface area contributed by atoms with E-state index in [1.165, 1.54) is 38.5 Å². The molecule has 0 aliphatic heterocycles. The van der Waals surface area contributed by atoms with Crippen LogP contribution in [-0.2, 0) is 0 Å². The quantitative estimate of drug-likeness (QED) is 0.674. The summed E-state index contributed by atoms with van der Waals surface area (Å²) in [6, 6.07) is 0.753. The van der Waals surface area contributed by atoms with E-state index in [1.54, 1.807) is 0 Å². The maximum absolute atomic E-state index is 9.78. The standard InChI is InChI=1S/C12H21NO/c14-11(8-1-2-8)7-13-12(9-3-4-9)10-5-6-10/h8-14H,1-7H2. The molecule has 0 aromatic carbocycles. The van der Waals surface area contributed by atoms with Gasteiger partial charge in [0.1, 0.15) is 0 Å². The number of rotatable bonds is 6. The fraction of sp³-hybridized carbons (Fsp3) is 1.00. The SMILES string of the molecule is OC(CNC(C1CC1)C1CC1)C1CC1. The fourth-order valence-electron chi connectivity index (χ4n) is 2.53. The summed E-state index contributed by atoms with van der Waals surface area (Å²) >= 11 is 0. The Bertz CT molecular complexity index is 194. The van der Waals surface area contributed by atoms with Crippen molar-refractivity contribution in [3.63, 3.8) is 0 Å². The van der Waals surface area contributed by atoms with Gasteiger partial charge in [-0.05, 0) is 56.3 Å². The number of nitrogens with one attached hydrogen (secondary N) is 1. The largest absolute Gasteiger partial charge is 0.392 e. The lowest BCUT2D eigenvalue weighted by Crippen LogP contribution is -2.39. The maximum atomic E-state index is 9.78. The summed E-state index contributed by atoms with van der Waals surface area (Å²) in [6.07, 6.45) is 8.14. The molecule has 2 nitrogen and oxygen atoms in total. The van der Waals surface area contributed by atoms with E-state index in [0.717, 1.165) is 24.4 Å². The second kappa shape index (κ2) is 3.49. The molecule has 80 valence electrons. The van der Waals surface area contributed by atoms with E-state index < -0.39 is 0 Å². The smallest absolute Gasteiger partial charge is 0.0692 e. The average molecular weight is 195 g/mol. The molecule has 2 N–H and O–H groups in total. The van der Waals surface area contributed by atoms with Crippen molar-refractivity contribution >= 4 is 0 Å². The molecule has 3 aliphatic carbocycles. The Labute approximate surface area is 86.1 Å². The van der Waals surface area contributed by atoms with Crippen LogP contribution in [0.25, 0.3) is 0 Å². The number of hydrogen-bond donors (Lipinski definition) is 2. The van der Waals surface area contributed by atoms with Gasteiger partial charge in [-0.15, -0.1) is 0 Å². The van der Waals surface area contributed by atoms with Crippen LogP contribution < -0.4 is 5.32 Å². The minimum absolute atomic E-state index is 0.0602. The summed E-state index contributed by atoms with van der Waals surface area (Å²) in [4.78, 5) is 0. The van der Waals surface area contributed by atoms with Crippen LogP contribution in [0.2, 0.25) is 0 Å². The van der Waals surface area contributed by atoms with Crippen molar-refractivity contribution in [1.29, 1.82) is 0 Å². The topological polar surface area (TPSA) is 32.3 Å². The monoisotopic (exact) mass is 195 g/mol. The molecule has 0 heterocycles. The molecule has 3 fully saturated rings. The first-order valence-corrected chi connectivity index (χ1v) is 6.26. The Kier molecular flexibility index (Phi) is 2.29. The molecule has 2 heteroatoms. The van der Waals surface area contributed by atoms with Crippen LogP contribution in [0.15, 0.2) is 0 Å². The highest BCUT2D eigenvalue weighted by Crippen LogP contribution is 2.44. The molecule has 3 aliphatic rings. The van der Waals surface area contributed by atoms with Gasteiger partial charge in [0.2, 0.25) is 0 Å². The molecule has 1 unspecified atom stereocenters. The maximum Gasteiger partial charge on any atom is 0.0692 e. The fourth-order valence-corrected chi connectivity index (χ4v) is 2.53. The van der Waals surface area contributed by atoms with Gasteiger partial charge in [-0.25, -0.2) is 0 Å². The highest BCUT2D eigenvalue weighted by molar-refractivity contribution is 4.97. The Morgan fingerprint density at radius 1 is 0.929 bits per heavy atom. The first kappa shape index (κ1) is 9.17. The van der Waals surface area contributed by atoms with Gasteiger partial charge < -0.3 is 10.4 Å². The molecule has 0 aromatic heterocycles. The highest BCUT2D eigenvalue weighted by Gasteiger charge is 2.41. The average Bonchev–Trinajstić information content (AvgIpc) is 2.95. The molecule has 0 spiro atoms. The number of aliphatic hydroxyl groups excluding tert-OH is 1. The summed E-state index contributed by atoms with van der Waals surface area (Å²) in [5.41, 5.74) is 0. The molecule has 1 atom stereocenters. The van der Waals surface area contributed by atoms with E-state index in [1.807, 2.05) is 0 Å². The first-order valence-electron chi connectivity index (χ1n) is 6.26. The Morgan fingerprint density at radius 2 is 1.43 bits per heavy atom. The van der Waals surface area contributed by atoms with Gasteiger partial charge in [-0.3, -0.25) is 0 Å². The molecule has 14 heavy (non-hydrogen) atoms. The number of aliphatic hydroxyl groups is 1. The van der Waals surface area contributed by atoms with E-state index in [9.17, 15) is 5.11 Å². The van der Waals surface area contributed by atoms with Crippen LogP contribution in [0.4, 0.5) is 0 Å². The molecular weight excluding hydrogens is 174 g/mol. The van der Waals surface area contributed by atoms with Crippen LogP contribution in [0.5, 0.6) is 0 Å². The molecule has 0 bridgehead atoms. The van der Waals surface area contributed by atoms with Gasteiger partial charge >= 0.3 is 0 Å². The van der Waals surface area contributed by atoms with Crippen LogP contribution in [0.3, 0.4) is 0 Å². The zero-order chi connectivity index (χ0) is 9.54. The molecule has 0 aromatic rings. The van der Waals surface area contributed by atoms with E-state index in [2.05, 4.69) is 5.32 Å². The second-order valence-electron chi connectivity index (χ2n) is 5.51. The lowest BCUT2D eigenvalue weighted by atomic mass is 10.1. The summed E-state index contributed by atoms with van der Waals surface area (Å²) in [7, 11) is 0. The zero-order valence-electron chi connectivity index (χ0n) is 8.78. The molecule has 3 saturated carbocycles. The van der Waals surface area contributed by atoms with Crippen molar-refractivity contribution in [2.24, 2.45) is 17.8 Å². The van der Waals surface area contributed by atoms with Gasteiger partial charge in [-0.2, -0.15) is 0 Å². The van der Waals surface area contributed by atoms with Gasteiger partial charge in [0, 0.05) is 12.6 Å². The lowest BCUT2D eigenvalue weighted by Gasteiger charge is -2.20. The van der Waals surface area contributed by atoms with Gasteiger partial charge in [-0.1, -0.05) is 0 Å². The second-order valence-corrected chi connectivity index (χ2v) is 5.51. The van der Waals surface area contributed by atoms with Crippen molar-refractivity contribution in [1.82, 2.24) is 5.32 Å². The molecule has 0 saturated heterocycles. The minimum atomic E-state index is -0.0602. The van der Waals surface area contributed by atoms with Crippen LogP contribution in [0.1, 0.15) is 38.5 Å². The van der Waals surface area contributed by atoms with Crippen molar-refractivity contribution in [3.05, 3.63) is 0 Å². The Balaban J connectivity index is 1.44. The third kappa shape index (κ3) is 2.12. The number of hydrogen-bond acceptors (Lipinski definition) is 2. The summed E-state index contributed by atoms with van der Waals surface area (Å²) < 4.78 is 0. The predicted molar refractivity (Wildman–Crippen MR) is 56.0 cm³/mol. The lowest BCUT2D eigenvalue weighted by molar-refractivity contribution is 0.141. The van der Waals surface area contributed by atoms with E-state index in [-0.39, 0.29) is 6.10 Å². The molecule has 0 amide bonds. The van der Waals surface area contributed by atoms with Gasteiger partial charge in [0.25, 0.3) is 0 Å². The van der Waals surface area contributed by atoms with Crippen molar-refractivity contribution < 1.29 is 5.11 Å². The normalized spacial score (nSPS) is 29.6. The third-order valence-electron chi connectivity index (χ3n) is 3.99. The molecule has 3 rings (SSSR count). The van der Waals surface area contributed by atoms with E-state index in [4.69, 9.17) is 0 Å². The molecule has 0 radical (unpaired) electrons. The summed E-state index contributed by atoms with van der Waals surface area (Å²) in [6.45, 7) is 0.850. The van der Waals surface area contributed by atoms with E-state index >= 15 is 0 Å². The van der Waals surface area contributed by atoms with E-state index in [0.29, 0.717) is 5.92 Å². The van der Waals surface area contributed by atoms with Crippen LogP contribution >= 0.6 is 0 Å². The molecular formula is C12H21NO. The van der Waals surface area contributed by atoms with Gasteiger partial charge in [0.15, 0.2) is 0 Å². The van der Waals surface area contributed by atoms with Crippen molar-refractivity contribution in [3.8, 4) is 0 Å². The Morgan fingerprint density at radius 3 is 1.86 bits per heavy atom. The van der Waals surface area contributed by atoms with Gasteiger partial charge in [0.05, 0.1) is 6.10 Å². The third-order valence-corrected chi connectivity index (χ3v) is 3.99. The first-order chi connectivity index (χ1) is 6.84. The van der Waals surface area contributed by atoms with Crippen molar-refractivity contribution in [2.45, 2.75) is 50.7 Å². The Hall–Kier alpha value is -0.0800. The minimum Gasteiger partial charge on any atom is -0.392 e. The van der Waals surface area contributed by atoms with Crippen molar-refractivity contribution in [2.75, 3.05) is 6.54 Å².